The lowest BCUT2D eigenvalue weighted by molar-refractivity contribution is -0.132. The van der Waals surface area contributed by atoms with Crippen LogP contribution >= 0.6 is 15.9 Å². The van der Waals surface area contributed by atoms with Crippen LogP contribution in [0.4, 0.5) is 0 Å². The van der Waals surface area contributed by atoms with Crippen LogP contribution in [0.5, 0.6) is 0 Å². The largest absolute Gasteiger partial charge is 0.478 e. The Hall–Kier alpha value is -1.82. The number of hydrogen-bond acceptors (Lipinski definition) is 3. The Labute approximate surface area is 105 Å². The summed E-state index contributed by atoms with van der Waals surface area (Å²) in [5.41, 5.74) is 0.00627. The summed E-state index contributed by atoms with van der Waals surface area (Å²) in [6, 6.07) is 3.18. The SMILES string of the molecule is CC(=CC(=O)O)C(=Cc1ccc(Br)o1)C(=O)O. The van der Waals surface area contributed by atoms with Crippen molar-refractivity contribution in [1.29, 1.82) is 0 Å². The van der Waals surface area contributed by atoms with E-state index in [0.717, 1.165) is 6.08 Å². The van der Waals surface area contributed by atoms with Crippen LogP contribution in [-0.4, -0.2) is 22.2 Å². The van der Waals surface area contributed by atoms with Crippen molar-refractivity contribution in [3.63, 3.8) is 0 Å². The molecule has 6 heteroatoms. The molecule has 0 aliphatic rings. The normalized spacial score (nSPS) is 12.6. The molecular formula is C11H9BrO5. The Morgan fingerprint density at radius 3 is 2.41 bits per heavy atom. The van der Waals surface area contributed by atoms with E-state index in [-0.39, 0.29) is 11.1 Å². The van der Waals surface area contributed by atoms with Crippen LogP contribution in [0.25, 0.3) is 6.08 Å². The van der Waals surface area contributed by atoms with Gasteiger partial charge < -0.3 is 14.6 Å². The molecule has 0 amide bonds. The summed E-state index contributed by atoms with van der Waals surface area (Å²) in [7, 11) is 0. The number of rotatable bonds is 4. The van der Waals surface area contributed by atoms with Gasteiger partial charge in [0, 0.05) is 6.08 Å². The Bertz CT molecular complexity index is 510. The topological polar surface area (TPSA) is 87.7 Å². The fourth-order valence-electron chi connectivity index (χ4n) is 1.16. The molecule has 0 spiro atoms. The van der Waals surface area contributed by atoms with E-state index >= 15 is 0 Å². The van der Waals surface area contributed by atoms with Gasteiger partial charge in [-0.2, -0.15) is 0 Å². The summed E-state index contributed by atoms with van der Waals surface area (Å²) >= 11 is 3.08. The molecule has 0 aliphatic carbocycles. The molecule has 17 heavy (non-hydrogen) atoms. The zero-order valence-electron chi connectivity index (χ0n) is 8.81. The van der Waals surface area contributed by atoms with Gasteiger partial charge in [-0.3, -0.25) is 0 Å². The summed E-state index contributed by atoms with van der Waals surface area (Å²) in [5.74, 6) is -2.09. The molecule has 2 N–H and O–H groups in total. The first-order chi connectivity index (χ1) is 7.90. The number of carboxylic acid groups (broad SMARTS) is 2. The molecule has 0 aliphatic heterocycles. The van der Waals surface area contributed by atoms with Gasteiger partial charge in [0.1, 0.15) is 5.76 Å². The smallest absolute Gasteiger partial charge is 0.336 e. The van der Waals surface area contributed by atoms with Gasteiger partial charge in [0.05, 0.1) is 5.57 Å². The van der Waals surface area contributed by atoms with Crippen LogP contribution in [0, 0.1) is 0 Å². The van der Waals surface area contributed by atoms with Gasteiger partial charge in [0.25, 0.3) is 0 Å². The first kappa shape index (κ1) is 13.2. The number of aliphatic carboxylic acids is 2. The minimum Gasteiger partial charge on any atom is -0.478 e. The van der Waals surface area contributed by atoms with E-state index in [1.807, 2.05) is 0 Å². The minimum absolute atomic E-state index is 0.130. The first-order valence-electron chi connectivity index (χ1n) is 4.52. The first-order valence-corrected chi connectivity index (χ1v) is 5.31. The fourth-order valence-corrected chi connectivity index (χ4v) is 1.47. The van der Waals surface area contributed by atoms with Gasteiger partial charge in [0.15, 0.2) is 4.67 Å². The van der Waals surface area contributed by atoms with E-state index in [4.69, 9.17) is 14.6 Å². The van der Waals surface area contributed by atoms with Crippen molar-refractivity contribution >= 4 is 33.9 Å². The summed E-state index contributed by atoms with van der Waals surface area (Å²) in [4.78, 5) is 21.4. The molecular weight excluding hydrogens is 292 g/mol. The maximum Gasteiger partial charge on any atom is 0.336 e. The van der Waals surface area contributed by atoms with Gasteiger partial charge in [-0.25, -0.2) is 9.59 Å². The predicted molar refractivity (Wildman–Crippen MR) is 63.4 cm³/mol. The maximum absolute atomic E-state index is 11.0. The molecule has 1 aromatic heterocycles. The molecule has 90 valence electrons. The average molecular weight is 301 g/mol. The molecule has 0 aromatic carbocycles. The zero-order valence-corrected chi connectivity index (χ0v) is 10.4. The highest BCUT2D eigenvalue weighted by atomic mass is 79.9. The van der Waals surface area contributed by atoms with E-state index < -0.39 is 11.9 Å². The van der Waals surface area contributed by atoms with Crippen LogP contribution in [-0.2, 0) is 9.59 Å². The molecule has 0 unspecified atom stereocenters. The highest BCUT2D eigenvalue weighted by molar-refractivity contribution is 9.10. The number of carbonyl (C=O) groups is 2. The summed E-state index contributed by atoms with van der Waals surface area (Å²) in [6.45, 7) is 1.41. The van der Waals surface area contributed by atoms with Crippen LogP contribution in [0.1, 0.15) is 12.7 Å². The summed E-state index contributed by atoms with van der Waals surface area (Å²) in [5, 5.41) is 17.5. The quantitative estimate of drug-likeness (QED) is 0.659. The van der Waals surface area contributed by atoms with Gasteiger partial charge in [-0.05, 0) is 46.6 Å². The van der Waals surface area contributed by atoms with Crippen LogP contribution in [0.3, 0.4) is 0 Å². The summed E-state index contributed by atoms with van der Waals surface area (Å²) in [6.07, 6.45) is 2.10. The maximum atomic E-state index is 11.0. The highest BCUT2D eigenvalue weighted by Crippen LogP contribution is 2.19. The third kappa shape index (κ3) is 3.92. The zero-order chi connectivity index (χ0) is 13.0. The Balaban J connectivity index is 3.14. The molecule has 1 heterocycles. The third-order valence-corrected chi connectivity index (χ3v) is 2.30. The molecule has 0 fully saturated rings. The molecule has 0 saturated heterocycles. The van der Waals surface area contributed by atoms with Crippen molar-refractivity contribution in [2.45, 2.75) is 6.92 Å². The molecule has 0 saturated carbocycles. The average Bonchev–Trinajstić information content (AvgIpc) is 2.58. The molecule has 1 rings (SSSR count). The molecule has 5 nitrogen and oxygen atoms in total. The second-order valence-electron chi connectivity index (χ2n) is 3.17. The van der Waals surface area contributed by atoms with Crippen molar-refractivity contribution in [1.82, 2.24) is 0 Å². The van der Waals surface area contributed by atoms with Crippen molar-refractivity contribution < 1.29 is 24.2 Å². The second kappa shape index (κ2) is 5.49. The number of halogens is 1. The fraction of sp³-hybridized carbons (Fsp3) is 0.0909. The van der Waals surface area contributed by atoms with Crippen LogP contribution < -0.4 is 0 Å². The van der Waals surface area contributed by atoms with Crippen molar-refractivity contribution in [3.8, 4) is 0 Å². The number of carboxylic acids is 2. The minimum atomic E-state index is -1.22. The lowest BCUT2D eigenvalue weighted by atomic mass is 10.1. The summed E-state index contributed by atoms with van der Waals surface area (Å²) < 4.78 is 5.59. The number of furan rings is 1. The van der Waals surface area contributed by atoms with E-state index in [1.165, 1.54) is 13.0 Å². The van der Waals surface area contributed by atoms with Crippen molar-refractivity contribution in [3.05, 3.63) is 39.8 Å². The van der Waals surface area contributed by atoms with E-state index in [9.17, 15) is 9.59 Å². The lowest BCUT2D eigenvalue weighted by Crippen LogP contribution is -2.03. The Kier molecular flexibility index (Phi) is 4.28. The van der Waals surface area contributed by atoms with Crippen LogP contribution in [0.2, 0.25) is 0 Å². The molecule has 0 bridgehead atoms. The standard InChI is InChI=1S/C11H9BrO5/c1-6(4-10(13)14)8(11(15)16)5-7-2-3-9(12)17-7/h2-5H,1H3,(H,13,14)(H,15,16). The predicted octanol–water partition coefficient (Wildman–Crippen LogP) is 2.54. The van der Waals surface area contributed by atoms with Gasteiger partial charge >= 0.3 is 11.9 Å². The molecule has 0 radical (unpaired) electrons. The van der Waals surface area contributed by atoms with Gasteiger partial charge in [-0.15, -0.1) is 0 Å². The molecule has 1 aromatic rings. The molecule has 0 atom stereocenters. The second-order valence-corrected chi connectivity index (χ2v) is 3.95. The van der Waals surface area contributed by atoms with Crippen molar-refractivity contribution in [2.24, 2.45) is 0 Å². The monoisotopic (exact) mass is 300 g/mol. The number of hydrogen-bond donors (Lipinski definition) is 2. The Morgan fingerprint density at radius 1 is 1.35 bits per heavy atom. The highest BCUT2D eigenvalue weighted by Gasteiger charge is 2.12. The van der Waals surface area contributed by atoms with E-state index in [1.54, 1.807) is 12.1 Å². The third-order valence-electron chi connectivity index (χ3n) is 1.88. The Morgan fingerprint density at radius 2 is 2.00 bits per heavy atom. The van der Waals surface area contributed by atoms with Gasteiger partial charge in [0.2, 0.25) is 0 Å². The van der Waals surface area contributed by atoms with E-state index in [2.05, 4.69) is 15.9 Å². The van der Waals surface area contributed by atoms with Crippen LogP contribution in [0.15, 0.2) is 38.4 Å². The lowest BCUT2D eigenvalue weighted by Gasteiger charge is -2.00. The van der Waals surface area contributed by atoms with Gasteiger partial charge in [-0.1, -0.05) is 0 Å². The van der Waals surface area contributed by atoms with Crippen molar-refractivity contribution in [2.75, 3.05) is 0 Å². The van der Waals surface area contributed by atoms with E-state index in [0.29, 0.717) is 10.4 Å².